The van der Waals surface area contributed by atoms with E-state index in [1.54, 1.807) is 6.08 Å². The number of carbonyl (C=O) groups excluding carboxylic acids is 1. The number of rotatable bonds is 4. The van der Waals surface area contributed by atoms with Crippen LogP contribution in [-0.2, 0) is 4.79 Å². The van der Waals surface area contributed by atoms with Crippen molar-refractivity contribution in [2.24, 2.45) is 0 Å². The van der Waals surface area contributed by atoms with Crippen LogP contribution in [0.2, 0.25) is 0 Å². The van der Waals surface area contributed by atoms with E-state index >= 15 is 0 Å². The molecule has 0 aromatic carbocycles. The molecule has 0 atom stereocenters. The quantitative estimate of drug-likeness (QED) is 0.772. The van der Waals surface area contributed by atoms with Gasteiger partial charge < -0.3 is 5.32 Å². The molecule has 0 heterocycles. The molecule has 2 aliphatic carbocycles. The maximum atomic E-state index is 11.0. The molecule has 0 aromatic rings. The van der Waals surface area contributed by atoms with Gasteiger partial charge in [-0.3, -0.25) is 4.79 Å². The fourth-order valence-electron chi connectivity index (χ4n) is 2.03. The molecule has 0 aromatic heterocycles. The van der Waals surface area contributed by atoms with E-state index in [9.17, 15) is 4.79 Å². The zero-order valence-corrected chi connectivity index (χ0v) is 9.45. The van der Waals surface area contributed by atoms with E-state index in [4.69, 9.17) is 0 Å². The number of carbonyl (C=O) groups is 1. The van der Waals surface area contributed by atoms with Gasteiger partial charge in [-0.1, -0.05) is 6.42 Å². The molecule has 2 rings (SSSR count). The third-order valence-electron chi connectivity index (χ3n) is 3.31. The first-order valence-corrected chi connectivity index (χ1v) is 6.49. The molecule has 2 aliphatic rings. The predicted molar refractivity (Wildman–Crippen MR) is 60.4 cm³/mol. The van der Waals surface area contributed by atoms with Gasteiger partial charge in [0.25, 0.3) is 0 Å². The highest BCUT2D eigenvalue weighted by Gasteiger charge is 2.36. The van der Waals surface area contributed by atoms with Gasteiger partial charge in [-0.05, 0) is 25.5 Å². The predicted octanol–water partition coefficient (Wildman–Crippen LogP) is 2.11. The molecule has 1 fully saturated rings. The maximum Gasteiger partial charge on any atom is 0.157 e. The number of hydrogen-bond donors (Lipinski definition) is 1. The first kappa shape index (κ1) is 10.1. The Morgan fingerprint density at radius 1 is 1.50 bits per heavy atom. The van der Waals surface area contributed by atoms with E-state index in [1.165, 1.54) is 19.3 Å². The molecule has 78 valence electrons. The molecule has 0 radical (unpaired) electrons. The summed E-state index contributed by atoms with van der Waals surface area (Å²) in [5.74, 6) is 0.277. The third-order valence-corrected chi connectivity index (χ3v) is 4.73. The van der Waals surface area contributed by atoms with Gasteiger partial charge in [0.05, 0.1) is 0 Å². The zero-order valence-electron chi connectivity index (χ0n) is 8.64. The third kappa shape index (κ3) is 1.97. The second-order valence-corrected chi connectivity index (χ2v) is 5.50. The number of thioether (sulfide) groups is 1. The Bertz CT molecular complexity index is 263. The van der Waals surface area contributed by atoms with E-state index in [2.05, 4.69) is 11.6 Å². The van der Waals surface area contributed by atoms with Gasteiger partial charge in [-0.2, -0.15) is 11.8 Å². The van der Waals surface area contributed by atoms with Crippen molar-refractivity contribution in [3.8, 4) is 0 Å². The molecule has 0 aliphatic heterocycles. The second kappa shape index (κ2) is 3.97. The van der Waals surface area contributed by atoms with Crippen LogP contribution in [0.25, 0.3) is 0 Å². The molecule has 0 spiro atoms. The average molecular weight is 211 g/mol. The average Bonchev–Trinajstić information content (AvgIpc) is 2.50. The van der Waals surface area contributed by atoms with Crippen molar-refractivity contribution in [1.82, 2.24) is 5.32 Å². The Morgan fingerprint density at radius 2 is 2.29 bits per heavy atom. The number of hydrogen-bond acceptors (Lipinski definition) is 3. The van der Waals surface area contributed by atoms with Crippen LogP contribution in [0.15, 0.2) is 11.8 Å². The van der Waals surface area contributed by atoms with Crippen molar-refractivity contribution >= 4 is 17.5 Å². The van der Waals surface area contributed by atoms with Gasteiger partial charge in [-0.25, -0.2) is 0 Å². The van der Waals surface area contributed by atoms with Gasteiger partial charge in [0, 0.05) is 29.5 Å². The molecule has 2 nitrogen and oxygen atoms in total. The van der Waals surface area contributed by atoms with Gasteiger partial charge in [0.1, 0.15) is 0 Å². The van der Waals surface area contributed by atoms with E-state index < -0.39 is 0 Å². The normalized spacial score (nSPS) is 24.4. The SMILES string of the molecule is CSC1(CNC2=CC(=O)CC2)CCC1. The van der Waals surface area contributed by atoms with Gasteiger partial charge in [0.2, 0.25) is 0 Å². The van der Waals surface area contributed by atoms with Crippen LogP contribution in [0.5, 0.6) is 0 Å². The number of allylic oxidation sites excluding steroid dienone is 2. The summed E-state index contributed by atoms with van der Waals surface area (Å²) in [5, 5.41) is 3.43. The minimum Gasteiger partial charge on any atom is -0.387 e. The summed E-state index contributed by atoms with van der Waals surface area (Å²) < 4.78 is 0.465. The van der Waals surface area contributed by atoms with Crippen LogP contribution in [0.1, 0.15) is 32.1 Å². The molecule has 14 heavy (non-hydrogen) atoms. The Kier molecular flexibility index (Phi) is 2.86. The standard InChI is InChI=1S/C11H17NOS/c1-14-11(5-2-6-11)8-12-9-3-4-10(13)7-9/h7,12H,2-6,8H2,1H3. The molecule has 0 unspecified atom stereocenters. The summed E-state index contributed by atoms with van der Waals surface area (Å²) >= 11 is 1.97. The first-order valence-electron chi connectivity index (χ1n) is 5.27. The monoisotopic (exact) mass is 211 g/mol. The highest BCUT2D eigenvalue weighted by Crippen LogP contribution is 2.42. The lowest BCUT2D eigenvalue weighted by Gasteiger charge is -2.40. The molecule has 0 bridgehead atoms. The molecule has 3 heteroatoms. The smallest absolute Gasteiger partial charge is 0.157 e. The van der Waals surface area contributed by atoms with Crippen molar-refractivity contribution in [1.29, 1.82) is 0 Å². The van der Waals surface area contributed by atoms with Gasteiger partial charge in [0.15, 0.2) is 5.78 Å². The molecule has 1 N–H and O–H groups in total. The van der Waals surface area contributed by atoms with Crippen molar-refractivity contribution in [3.63, 3.8) is 0 Å². The van der Waals surface area contributed by atoms with E-state index in [-0.39, 0.29) is 5.78 Å². The van der Waals surface area contributed by atoms with Crippen LogP contribution < -0.4 is 5.32 Å². The summed E-state index contributed by atoms with van der Waals surface area (Å²) in [6.07, 6.45) is 9.59. The van der Waals surface area contributed by atoms with Crippen molar-refractivity contribution in [3.05, 3.63) is 11.8 Å². The second-order valence-electron chi connectivity index (χ2n) is 4.23. The molecular formula is C11H17NOS. The molecule has 1 saturated carbocycles. The van der Waals surface area contributed by atoms with Gasteiger partial charge in [-0.15, -0.1) is 0 Å². The van der Waals surface area contributed by atoms with Crippen molar-refractivity contribution in [2.75, 3.05) is 12.8 Å². The van der Waals surface area contributed by atoms with Crippen molar-refractivity contribution in [2.45, 2.75) is 36.9 Å². The van der Waals surface area contributed by atoms with Gasteiger partial charge >= 0.3 is 0 Å². The minimum atomic E-state index is 0.277. The highest BCUT2D eigenvalue weighted by molar-refractivity contribution is 8.00. The Labute approximate surface area is 89.5 Å². The summed E-state index contributed by atoms with van der Waals surface area (Å²) in [6.45, 7) is 1.03. The Hall–Kier alpha value is -0.440. The summed E-state index contributed by atoms with van der Waals surface area (Å²) in [5.41, 5.74) is 1.15. The van der Waals surface area contributed by atoms with Crippen LogP contribution in [0.3, 0.4) is 0 Å². The maximum absolute atomic E-state index is 11.0. The minimum absolute atomic E-state index is 0.277. The molecule has 0 saturated heterocycles. The summed E-state index contributed by atoms with van der Waals surface area (Å²) in [4.78, 5) is 11.0. The largest absolute Gasteiger partial charge is 0.387 e. The van der Waals surface area contributed by atoms with E-state index in [0.29, 0.717) is 11.2 Å². The molecular weight excluding hydrogens is 194 g/mol. The lowest BCUT2D eigenvalue weighted by Crippen LogP contribution is -2.42. The number of nitrogens with one attached hydrogen (secondary N) is 1. The number of ketones is 1. The van der Waals surface area contributed by atoms with Crippen molar-refractivity contribution < 1.29 is 4.79 Å². The van der Waals surface area contributed by atoms with E-state index in [0.717, 1.165) is 18.7 Å². The van der Waals surface area contributed by atoms with E-state index in [1.807, 2.05) is 11.8 Å². The van der Waals surface area contributed by atoms with Crippen LogP contribution in [0.4, 0.5) is 0 Å². The summed E-state index contributed by atoms with van der Waals surface area (Å²) in [6, 6.07) is 0. The zero-order chi connectivity index (χ0) is 10.0. The highest BCUT2D eigenvalue weighted by atomic mass is 32.2. The van der Waals surface area contributed by atoms with Crippen LogP contribution in [-0.4, -0.2) is 23.3 Å². The first-order chi connectivity index (χ1) is 6.74. The lowest BCUT2D eigenvalue weighted by molar-refractivity contribution is -0.114. The Balaban J connectivity index is 1.82. The fourth-order valence-corrected chi connectivity index (χ4v) is 2.95. The Morgan fingerprint density at radius 3 is 2.71 bits per heavy atom. The van der Waals surface area contributed by atoms with Crippen LogP contribution in [0, 0.1) is 0 Å². The summed E-state index contributed by atoms with van der Waals surface area (Å²) in [7, 11) is 0. The topological polar surface area (TPSA) is 29.1 Å². The van der Waals surface area contributed by atoms with Crippen LogP contribution >= 0.6 is 11.8 Å². The fraction of sp³-hybridized carbons (Fsp3) is 0.727. The molecule has 0 amide bonds. The lowest BCUT2D eigenvalue weighted by atomic mass is 9.84.